The number of aromatic nitrogens is 1. The Balaban J connectivity index is 1.38. The lowest BCUT2D eigenvalue weighted by atomic mass is 10.1. The molecule has 0 radical (unpaired) electrons. The molecular formula is C26H20ClN3O4S2. The van der Waals surface area contributed by atoms with Gasteiger partial charge in [0.15, 0.2) is 5.13 Å². The lowest BCUT2D eigenvalue weighted by Crippen LogP contribution is -2.22. The molecule has 1 aromatic heterocycles. The fraction of sp³-hybridized carbons (Fsp3) is 0.0769. The number of hydrogen-bond donors (Lipinski definition) is 3. The Kier molecular flexibility index (Phi) is 8.04. The van der Waals surface area contributed by atoms with E-state index in [1.54, 1.807) is 49.4 Å². The summed E-state index contributed by atoms with van der Waals surface area (Å²) in [5, 5.41) is 17.5. The normalized spacial score (nSPS) is 11.5. The van der Waals surface area contributed by atoms with Gasteiger partial charge in [0.1, 0.15) is 0 Å². The van der Waals surface area contributed by atoms with Crippen LogP contribution in [0.4, 0.5) is 10.8 Å². The number of carbonyl (C=O) groups is 3. The van der Waals surface area contributed by atoms with E-state index in [2.05, 4.69) is 15.6 Å². The van der Waals surface area contributed by atoms with Gasteiger partial charge in [-0.1, -0.05) is 41.9 Å². The molecule has 0 saturated carbocycles. The number of rotatable bonds is 8. The molecule has 0 bridgehead atoms. The van der Waals surface area contributed by atoms with E-state index in [9.17, 15) is 19.5 Å². The second-order valence-corrected chi connectivity index (χ2v) is 10.3. The molecule has 10 heteroatoms. The van der Waals surface area contributed by atoms with Crippen molar-refractivity contribution in [3.63, 3.8) is 0 Å². The fourth-order valence-corrected chi connectivity index (χ4v) is 5.04. The van der Waals surface area contributed by atoms with Crippen LogP contribution in [0.25, 0.3) is 11.3 Å². The Morgan fingerprint density at radius 3 is 2.42 bits per heavy atom. The maximum absolute atomic E-state index is 12.7. The quantitative estimate of drug-likeness (QED) is 0.220. The van der Waals surface area contributed by atoms with E-state index >= 15 is 0 Å². The van der Waals surface area contributed by atoms with Gasteiger partial charge in [0.05, 0.1) is 22.1 Å². The third-order valence-corrected chi connectivity index (χ3v) is 7.15. The van der Waals surface area contributed by atoms with Crippen molar-refractivity contribution in [1.29, 1.82) is 0 Å². The smallest absolute Gasteiger partial charge is 0.336 e. The van der Waals surface area contributed by atoms with Gasteiger partial charge in [0.2, 0.25) is 5.91 Å². The van der Waals surface area contributed by atoms with Gasteiger partial charge in [-0.3, -0.25) is 9.59 Å². The average Bonchev–Trinajstić information content (AvgIpc) is 3.33. The number of anilines is 2. The van der Waals surface area contributed by atoms with Crippen molar-refractivity contribution in [2.45, 2.75) is 17.1 Å². The summed E-state index contributed by atoms with van der Waals surface area (Å²) in [4.78, 5) is 42.0. The van der Waals surface area contributed by atoms with Crippen LogP contribution in [0, 0.1) is 0 Å². The highest BCUT2D eigenvalue weighted by Crippen LogP contribution is 2.29. The predicted octanol–water partition coefficient (Wildman–Crippen LogP) is 6.53. The molecule has 3 N–H and O–H groups in total. The highest BCUT2D eigenvalue weighted by Gasteiger charge is 2.18. The Labute approximate surface area is 220 Å². The molecule has 0 spiro atoms. The highest BCUT2D eigenvalue weighted by molar-refractivity contribution is 8.00. The molecule has 1 unspecified atom stereocenters. The number of thioether (sulfide) groups is 1. The number of nitrogens with one attached hydrogen (secondary N) is 2. The van der Waals surface area contributed by atoms with Crippen molar-refractivity contribution >= 4 is 63.3 Å². The van der Waals surface area contributed by atoms with Crippen molar-refractivity contribution < 1.29 is 19.5 Å². The maximum Gasteiger partial charge on any atom is 0.336 e. The Morgan fingerprint density at radius 2 is 1.69 bits per heavy atom. The van der Waals surface area contributed by atoms with E-state index in [-0.39, 0.29) is 17.0 Å². The molecule has 7 nitrogen and oxygen atoms in total. The lowest BCUT2D eigenvalue weighted by molar-refractivity contribution is -0.115. The topological polar surface area (TPSA) is 108 Å². The number of hydrogen-bond acceptors (Lipinski definition) is 6. The number of benzene rings is 3. The number of carboxylic acid groups (broad SMARTS) is 1. The molecule has 0 aliphatic rings. The average molecular weight is 538 g/mol. The summed E-state index contributed by atoms with van der Waals surface area (Å²) < 4.78 is 0. The number of aromatic carboxylic acids is 1. The minimum atomic E-state index is -1.18. The molecule has 3 aromatic carbocycles. The predicted molar refractivity (Wildman–Crippen MR) is 144 cm³/mol. The SMILES string of the molecule is CC(Sc1cccc(NC(=O)c2ccccc2C(=O)O)c1)C(=O)Nc1nc(-c2ccc(Cl)cc2)cs1. The molecule has 1 heterocycles. The summed E-state index contributed by atoms with van der Waals surface area (Å²) in [6, 6.07) is 20.3. The van der Waals surface area contributed by atoms with Crippen LogP contribution in [0.5, 0.6) is 0 Å². The molecule has 0 fully saturated rings. The minimum Gasteiger partial charge on any atom is -0.478 e. The van der Waals surface area contributed by atoms with Gasteiger partial charge in [0, 0.05) is 26.5 Å². The number of halogens is 1. The third-order valence-electron chi connectivity index (χ3n) is 5.05. The number of nitrogens with zero attached hydrogens (tertiary/aromatic N) is 1. The Bertz CT molecular complexity index is 1420. The molecule has 1 atom stereocenters. The zero-order valence-electron chi connectivity index (χ0n) is 18.9. The summed E-state index contributed by atoms with van der Waals surface area (Å²) in [5.41, 5.74) is 2.14. The first-order chi connectivity index (χ1) is 17.3. The molecule has 0 saturated heterocycles. The summed E-state index contributed by atoms with van der Waals surface area (Å²) >= 11 is 8.60. The van der Waals surface area contributed by atoms with Crippen LogP contribution < -0.4 is 10.6 Å². The van der Waals surface area contributed by atoms with Gasteiger partial charge in [0.25, 0.3) is 5.91 Å². The van der Waals surface area contributed by atoms with Gasteiger partial charge in [-0.05, 0) is 49.4 Å². The van der Waals surface area contributed by atoms with Crippen LogP contribution in [0.1, 0.15) is 27.6 Å². The first kappa shape index (κ1) is 25.4. The second-order valence-electron chi connectivity index (χ2n) is 7.63. The van der Waals surface area contributed by atoms with E-state index < -0.39 is 17.1 Å². The zero-order chi connectivity index (χ0) is 25.7. The second kappa shape index (κ2) is 11.4. The first-order valence-corrected chi connectivity index (χ1v) is 12.9. The molecule has 182 valence electrons. The van der Waals surface area contributed by atoms with E-state index in [4.69, 9.17) is 11.6 Å². The van der Waals surface area contributed by atoms with Crippen molar-refractivity contribution in [3.8, 4) is 11.3 Å². The van der Waals surface area contributed by atoms with Crippen LogP contribution in [-0.4, -0.2) is 33.1 Å². The molecule has 0 aliphatic carbocycles. The van der Waals surface area contributed by atoms with Crippen LogP contribution in [0.3, 0.4) is 0 Å². The van der Waals surface area contributed by atoms with Crippen molar-refractivity contribution in [3.05, 3.63) is 94.3 Å². The Morgan fingerprint density at radius 1 is 0.972 bits per heavy atom. The largest absolute Gasteiger partial charge is 0.478 e. The van der Waals surface area contributed by atoms with Crippen LogP contribution in [0.2, 0.25) is 5.02 Å². The fourth-order valence-electron chi connectivity index (χ4n) is 3.26. The van der Waals surface area contributed by atoms with Gasteiger partial charge in [-0.25, -0.2) is 9.78 Å². The van der Waals surface area contributed by atoms with E-state index in [1.165, 1.54) is 35.2 Å². The lowest BCUT2D eigenvalue weighted by Gasteiger charge is -2.12. The summed E-state index contributed by atoms with van der Waals surface area (Å²) in [6.07, 6.45) is 0. The summed E-state index contributed by atoms with van der Waals surface area (Å²) in [7, 11) is 0. The van der Waals surface area contributed by atoms with Crippen LogP contribution >= 0.6 is 34.7 Å². The number of carboxylic acids is 1. The van der Waals surface area contributed by atoms with Gasteiger partial charge in [-0.15, -0.1) is 23.1 Å². The summed E-state index contributed by atoms with van der Waals surface area (Å²) in [5.74, 6) is -1.91. The molecule has 4 rings (SSSR count). The van der Waals surface area contributed by atoms with Crippen molar-refractivity contribution in [2.75, 3.05) is 10.6 Å². The van der Waals surface area contributed by atoms with E-state index in [0.717, 1.165) is 16.2 Å². The summed E-state index contributed by atoms with van der Waals surface area (Å²) in [6.45, 7) is 1.78. The van der Waals surface area contributed by atoms with Crippen LogP contribution in [0.15, 0.2) is 83.1 Å². The molecule has 36 heavy (non-hydrogen) atoms. The van der Waals surface area contributed by atoms with Gasteiger partial charge >= 0.3 is 5.97 Å². The van der Waals surface area contributed by atoms with E-state index in [1.807, 2.05) is 23.6 Å². The molecule has 2 amide bonds. The van der Waals surface area contributed by atoms with Crippen molar-refractivity contribution in [2.24, 2.45) is 0 Å². The van der Waals surface area contributed by atoms with Crippen LogP contribution in [-0.2, 0) is 4.79 Å². The zero-order valence-corrected chi connectivity index (χ0v) is 21.3. The van der Waals surface area contributed by atoms with Crippen molar-refractivity contribution in [1.82, 2.24) is 4.98 Å². The number of thiazole rings is 1. The number of carbonyl (C=O) groups excluding carboxylic acids is 2. The number of amides is 2. The van der Waals surface area contributed by atoms with E-state index in [0.29, 0.717) is 15.8 Å². The minimum absolute atomic E-state index is 0.0669. The van der Waals surface area contributed by atoms with Gasteiger partial charge < -0.3 is 15.7 Å². The highest BCUT2D eigenvalue weighted by atomic mass is 35.5. The monoisotopic (exact) mass is 537 g/mol. The molecule has 0 aliphatic heterocycles. The molecule has 4 aromatic rings. The molecular weight excluding hydrogens is 518 g/mol. The Hall–Kier alpha value is -3.66. The standard InChI is InChI=1S/C26H20ClN3O4S2/c1-15(23(31)30-26-29-22(14-35-26)16-9-11-17(27)12-10-16)36-19-6-4-5-18(13-19)28-24(32)20-7-2-3-8-21(20)25(33)34/h2-15H,1H3,(H,28,32)(H,33,34)(H,29,30,31). The maximum atomic E-state index is 12.7. The first-order valence-electron chi connectivity index (χ1n) is 10.7. The van der Waals surface area contributed by atoms with Gasteiger partial charge in [-0.2, -0.15) is 0 Å². The third kappa shape index (κ3) is 6.31.